The highest BCUT2D eigenvalue weighted by Crippen LogP contribution is 2.17. The Morgan fingerprint density at radius 1 is 1.50 bits per heavy atom. The zero-order valence-corrected chi connectivity index (χ0v) is 11.5. The van der Waals surface area contributed by atoms with E-state index in [0.29, 0.717) is 11.1 Å². The minimum absolute atomic E-state index is 0.514. The lowest BCUT2D eigenvalue weighted by atomic mass is 10.1. The molecule has 1 saturated heterocycles. The molecule has 1 fully saturated rings. The summed E-state index contributed by atoms with van der Waals surface area (Å²) >= 11 is 5.98. The second-order valence-electron chi connectivity index (χ2n) is 4.69. The first-order valence-corrected chi connectivity index (χ1v) is 7.01. The van der Waals surface area contributed by atoms with Crippen LogP contribution < -0.4 is 5.32 Å². The van der Waals surface area contributed by atoms with Crippen molar-refractivity contribution in [2.45, 2.75) is 32.6 Å². The number of rotatable bonds is 6. The van der Waals surface area contributed by atoms with Crippen LogP contribution >= 0.6 is 11.6 Å². The van der Waals surface area contributed by atoms with Crippen molar-refractivity contribution in [2.24, 2.45) is 5.92 Å². The lowest BCUT2D eigenvalue weighted by molar-refractivity contribution is 0.185. The van der Waals surface area contributed by atoms with Crippen LogP contribution in [-0.2, 0) is 11.2 Å². The summed E-state index contributed by atoms with van der Waals surface area (Å²) in [6, 6.07) is 1.78. The Morgan fingerprint density at radius 3 is 3.11 bits per heavy atom. The molecule has 100 valence electrons. The summed E-state index contributed by atoms with van der Waals surface area (Å²) in [5, 5.41) is 3.83. The normalized spacial score (nSPS) is 19.1. The molecule has 0 spiro atoms. The Hall–Kier alpha value is -0.870. The number of anilines is 1. The van der Waals surface area contributed by atoms with Crippen LogP contribution in [0.1, 0.15) is 32.0 Å². The number of nitrogens with zero attached hydrogens (tertiary/aromatic N) is 2. The van der Waals surface area contributed by atoms with Gasteiger partial charge in [-0.15, -0.1) is 0 Å². The first-order chi connectivity index (χ1) is 8.78. The summed E-state index contributed by atoms with van der Waals surface area (Å²) in [7, 11) is 0. The third-order valence-electron chi connectivity index (χ3n) is 3.10. The van der Waals surface area contributed by atoms with E-state index in [1.165, 1.54) is 6.42 Å². The maximum atomic E-state index is 5.98. The van der Waals surface area contributed by atoms with Gasteiger partial charge in [-0.25, -0.2) is 9.97 Å². The molecule has 0 amide bonds. The number of aromatic nitrogens is 2. The van der Waals surface area contributed by atoms with Crippen LogP contribution in [0.15, 0.2) is 6.07 Å². The zero-order valence-electron chi connectivity index (χ0n) is 10.8. The van der Waals surface area contributed by atoms with E-state index in [0.717, 1.165) is 50.7 Å². The number of hydrogen-bond acceptors (Lipinski definition) is 4. The molecule has 1 aliphatic heterocycles. The van der Waals surface area contributed by atoms with E-state index in [1.807, 2.05) is 0 Å². The molecule has 2 rings (SSSR count). The minimum Gasteiger partial charge on any atom is -0.381 e. The van der Waals surface area contributed by atoms with E-state index in [2.05, 4.69) is 22.2 Å². The maximum absolute atomic E-state index is 5.98. The third-order valence-corrected chi connectivity index (χ3v) is 3.29. The monoisotopic (exact) mass is 269 g/mol. The van der Waals surface area contributed by atoms with Crippen LogP contribution in [-0.4, -0.2) is 29.7 Å². The SMILES string of the molecule is CCCc1nc(Cl)cc(NCCC2CCOC2)n1. The fourth-order valence-electron chi connectivity index (χ4n) is 2.11. The average molecular weight is 270 g/mol. The van der Waals surface area contributed by atoms with Crippen molar-refractivity contribution < 1.29 is 4.74 Å². The molecular weight excluding hydrogens is 250 g/mol. The van der Waals surface area contributed by atoms with Gasteiger partial charge in [-0.2, -0.15) is 0 Å². The van der Waals surface area contributed by atoms with Gasteiger partial charge in [0.1, 0.15) is 16.8 Å². The van der Waals surface area contributed by atoms with Gasteiger partial charge in [0.05, 0.1) is 0 Å². The Labute approximate surface area is 113 Å². The Bertz CT molecular complexity index is 380. The molecule has 1 unspecified atom stereocenters. The lowest BCUT2D eigenvalue weighted by Gasteiger charge is -2.10. The second kappa shape index (κ2) is 6.90. The first-order valence-electron chi connectivity index (χ1n) is 6.63. The Kier molecular flexibility index (Phi) is 5.20. The van der Waals surface area contributed by atoms with Crippen molar-refractivity contribution in [3.05, 3.63) is 17.0 Å². The summed E-state index contributed by atoms with van der Waals surface area (Å²) in [5.74, 6) is 2.33. The topological polar surface area (TPSA) is 47.0 Å². The molecular formula is C13H20ClN3O. The summed E-state index contributed by atoms with van der Waals surface area (Å²) in [5.41, 5.74) is 0. The molecule has 1 atom stereocenters. The number of nitrogens with one attached hydrogen (secondary N) is 1. The average Bonchev–Trinajstić information content (AvgIpc) is 2.82. The summed E-state index contributed by atoms with van der Waals surface area (Å²) < 4.78 is 5.36. The molecule has 0 saturated carbocycles. The van der Waals surface area contributed by atoms with Crippen LogP contribution in [0.2, 0.25) is 5.15 Å². The van der Waals surface area contributed by atoms with Gasteiger partial charge in [-0.05, 0) is 25.2 Å². The summed E-state index contributed by atoms with van der Waals surface area (Å²) in [6.45, 7) is 4.82. The lowest BCUT2D eigenvalue weighted by Crippen LogP contribution is -2.11. The molecule has 0 aliphatic carbocycles. The number of aryl methyl sites for hydroxylation is 1. The Balaban J connectivity index is 1.83. The minimum atomic E-state index is 0.514. The van der Waals surface area contributed by atoms with Crippen LogP contribution in [0.4, 0.5) is 5.82 Å². The van der Waals surface area contributed by atoms with Crippen LogP contribution in [0.5, 0.6) is 0 Å². The highest BCUT2D eigenvalue weighted by atomic mass is 35.5. The van der Waals surface area contributed by atoms with Gasteiger partial charge in [0, 0.05) is 32.2 Å². The van der Waals surface area contributed by atoms with Crippen LogP contribution in [0.25, 0.3) is 0 Å². The second-order valence-corrected chi connectivity index (χ2v) is 5.07. The van der Waals surface area contributed by atoms with E-state index in [-0.39, 0.29) is 0 Å². The Morgan fingerprint density at radius 2 is 2.39 bits per heavy atom. The molecule has 4 nitrogen and oxygen atoms in total. The molecule has 1 aromatic rings. The van der Waals surface area contributed by atoms with Crippen molar-refractivity contribution in [2.75, 3.05) is 25.1 Å². The van der Waals surface area contributed by atoms with Crippen LogP contribution in [0.3, 0.4) is 0 Å². The number of halogens is 1. The van der Waals surface area contributed by atoms with E-state index in [4.69, 9.17) is 16.3 Å². The summed E-state index contributed by atoms with van der Waals surface area (Å²) in [4.78, 5) is 8.65. The summed E-state index contributed by atoms with van der Waals surface area (Å²) in [6.07, 6.45) is 4.18. The fraction of sp³-hybridized carbons (Fsp3) is 0.692. The molecule has 0 bridgehead atoms. The first kappa shape index (κ1) is 13.6. The predicted molar refractivity (Wildman–Crippen MR) is 73.1 cm³/mol. The molecule has 1 aromatic heterocycles. The highest BCUT2D eigenvalue weighted by Gasteiger charge is 2.14. The van der Waals surface area contributed by atoms with E-state index in [1.54, 1.807) is 6.07 Å². The van der Waals surface area contributed by atoms with Gasteiger partial charge in [-0.1, -0.05) is 18.5 Å². The van der Waals surface area contributed by atoms with Crippen molar-refractivity contribution in [3.8, 4) is 0 Å². The molecule has 18 heavy (non-hydrogen) atoms. The molecule has 1 N–H and O–H groups in total. The van der Waals surface area contributed by atoms with E-state index in [9.17, 15) is 0 Å². The van der Waals surface area contributed by atoms with Crippen molar-refractivity contribution >= 4 is 17.4 Å². The molecule has 0 radical (unpaired) electrons. The quantitative estimate of drug-likeness (QED) is 0.807. The fourth-order valence-corrected chi connectivity index (χ4v) is 2.31. The maximum Gasteiger partial charge on any atom is 0.134 e. The molecule has 1 aliphatic rings. The molecule has 5 heteroatoms. The standard InChI is InChI=1S/C13H20ClN3O/c1-2-3-12-16-11(14)8-13(17-12)15-6-4-10-5-7-18-9-10/h8,10H,2-7,9H2,1H3,(H,15,16,17). The van der Waals surface area contributed by atoms with Crippen molar-refractivity contribution in [1.82, 2.24) is 9.97 Å². The molecule has 0 aromatic carbocycles. The third kappa shape index (κ3) is 4.10. The predicted octanol–water partition coefficient (Wildman–Crippen LogP) is 2.92. The number of ether oxygens (including phenoxy) is 1. The van der Waals surface area contributed by atoms with E-state index >= 15 is 0 Å². The van der Waals surface area contributed by atoms with Gasteiger partial charge < -0.3 is 10.1 Å². The zero-order chi connectivity index (χ0) is 12.8. The highest BCUT2D eigenvalue weighted by molar-refractivity contribution is 6.29. The van der Waals surface area contributed by atoms with Crippen molar-refractivity contribution in [1.29, 1.82) is 0 Å². The molecule has 2 heterocycles. The van der Waals surface area contributed by atoms with Gasteiger partial charge in [0.2, 0.25) is 0 Å². The van der Waals surface area contributed by atoms with Crippen molar-refractivity contribution in [3.63, 3.8) is 0 Å². The largest absolute Gasteiger partial charge is 0.381 e. The van der Waals surface area contributed by atoms with E-state index < -0.39 is 0 Å². The van der Waals surface area contributed by atoms with Gasteiger partial charge in [0.15, 0.2) is 0 Å². The number of hydrogen-bond donors (Lipinski definition) is 1. The van der Waals surface area contributed by atoms with Crippen LogP contribution in [0, 0.1) is 5.92 Å². The van der Waals surface area contributed by atoms with Gasteiger partial charge in [-0.3, -0.25) is 0 Å². The van der Waals surface area contributed by atoms with Gasteiger partial charge in [0.25, 0.3) is 0 Å². The smallest absolute Gasteiger partial charge is 0.134 e. The van der Waals surface area contributed by atoms with Gasteiger partial charge >= 0.3 is 0 Å².